The van der Waals surface area contributed by atoms with Crippen LogP contribution in [0.4, 0.5) is 0 Å². The van der Waals surface area contributed by atoms with E-state index in [2.05, 4.69) is 15.4 Å². The summed E-state index contributed by atoms with van der Waals surface area (Å²) in [6, 6.07) is 16.1. The van der Waals surface area contributed by atoms with Gasteiger partial charge in [-0.3, -0.25) is 4.79 Å². The Labute approximate surface area is 167 Å². The number of fused-ring (bicyclic) bond motifs is 1. The molecule has 2 aromatic heterocycles. The molecule has 146 valence electrons. The summed E-state index contributed by atoms with van der Waals surface area (Å²) < 4.78 is 1.66. The van der Waals surface area contributed by atoms with Crippen LogP contribution in [0.3, 0.4) is 0 Å². The number of carboxylic acid groups (broad SMARTS) is 1. The van der Waals surface area contributed by atoms with Gasteiger partial charge in [0, 0.05) is 23.5 Å². The van der Waals surface area contributed by atoms with Crippen LogP contribution in [0.1, 0.15) is 21.6 Å². The van der Waals surface area contributed by atoms with E-state index in [0.717, 1.165) is 22.2 Å². The van der Waals surface area contributed by atoms with E-state index in [1.165, 1.54) is 6.20 Å². The van der Waals surface area contributed by atoms with E-state index >= 15 is 0 Å². The third-order valence-corrected chi connectivity index (χ3v) is 4.96. The quantitative estimate of drug-likeness (QED) is 0.473. The van der Waals surface area contributed by atoms with Crippen LogP contribution in [0.5, 0.6) is 0 Å². The first-order valence-corrected chi connectivity index (χ1v) is 9.23. The second-order valence-electron chi connectivity index (χ2n) is 6.82. The zero-order valence-corrected chi connectivity index (χ0v) is 15.8. The highest BCUT2D eigenvalue weighted by atomic mass is 16.4. The molecule has 7 nitrogen and oxygen atoms in total. The average molecular weight is 388 g/mol. The molecule has 7 heteroatoms. The normalized spacial score (nSPS) is 12.0. The van der Waals surface area contributed by atoms with Gasteiger partial charge in [-0.15, -0.1) is 0 Å². The van der Waals surface area contributed by atoms with Crippen molar-refractivity contribution in [2.24, 2.45) is 0 Å². The Morgan fingerprint density at radius 3 is 2.62 bits per heavy atom. The van der Waals surface area contributed by atoms with Gasteiger partial charge >= 0.3 is 5.97 Å². The fourth-order valence-electron chi connectivity index (χ4n) is 3.42. The molecule has 0 aliphatic carbocycles. The van der Waals surface area contributed by atoms with Crippen LogP contribution in [-0.4, -0.2) is 37.8 Å². The highest BCUT2D eigenvalue weighted by Gasteiger charge is 2.24. The topological polar surface area (TPSA) is 100 Å². The second kappa shape index (κ2) is 7.63. The van der Waals surface area contributed by atoms with Crippen molar-refractivity contribution >= 4 is 22.8 Å². The van der Waals surface area contributed by atoms with Crippen molar-refractivity contribution in [3.05, 3.63) is 83.8 Å². The smallest absolute Gasteiger partial charge is 0.326 e. The van der Waals surface area contributed by atoms with Crippen molar-refractivity contribution < 1.29 is 14.7 Å². The Kier molecular flexibility index (Phi) is 4.87. The van der Waals surface area contributed by atoms with Gasteiger partial charge in [0.15, 0.2) is 0 Å². The van der Waals surface area contributed by atoms with Gasteiger partial charge in [-0.1, -0.05) is 36.4 Å². The number of rotatable bonds is 6. The van der Waals surface area contributed by atoms with E-state index in [1.54, 1.807) is 17.8 Å². The van der Waals surface area contributed by atoms with Gasteiger partial charge in [0.25, 0.3) is 5.91 Å². The lowest BCUT2D eigenvalue weighted by atomic mass is 10.0. The van der Waals surface area contributed by atoms with E-state index in [4.69, 9.17) is 0 Å². The van der Waals surface area contributed by atoms with E-state index in [1.807, 2.05) is 54.6 Å². The van der Waals surface area contributed by atoms with Gasteiger partial charge in [-0.05, 0) is 30.7 Å². The zero-order valence-electron chi connectivity index (χ0n) is 15.8. The Morgan fingerprint density at radius 2 is 1.86 bits per heavy atom. The highest BCUT2D eigenvalue weighted by molar-refractivity contribution is 5.97. The summed E-state index contributed by atoms with van der Waals surface area (Å²) in [5, 5.41) is 17.5. The Hall–Kier alpha value is -3.87. The molecule has 0 radical (unpaired) electrons. The minimum Gasteiger partial charge on any atom is -0.480 e. The number of hydrogen-bond acceptors (Lipinski definition) is 3. The van der Waals surface area contributed by atoms with Crippen molar-refractivity contribution in [2.75, 3.05) is 0 Å². The molecule has 0 aliphatic heterocycles. The molecule has 4 aromatic rings. The van der Waals surface area contributed by atoms with Gasteiger partial charge in [0.2, 0.25) is 0 Å². The molecule has 0 saturated heterocycles. The van der Waals surface area contributed by atoms with Crippen molar-refractivity contribution in [2.45, 2.75) is 19.4 Å². The second-order valence-corrected chi connectivity index (χ2v) is 6.82. The molecule has 0 aliphatic rings. The largest absolute Gasteiger partial charge is 0.480 e. The lowest BCUT2D eigenvalue weighted by molar-refractivity contribution is -0.139. The number of carbonyl (C=O) groups is 2. The van der Waals surface area contributed by atoms with E-state index in [0.29, 0.717) is 11.3 Å². The van der Waals surface area contributed by atoms with Crippen LogP contribution < -0.4 is 5.32 Å². The van der Waals surface area contributed by atoms with Gasteiger partial charge < -0.3 is 15.4 Å². The lowest BCUT2D eigenvalue weighted by Crippen LogP contribution is -2.42. The number of hydrogen-bond donors (Lipinski definition) is 3. The molecule has 3 N–H and O–H groups in total. The summed E-state index contributed by atoms with van der Waals surface area (Å²) in [6.07, 6.45) is 3.42. The molecule has 29 heavy (non-hydrogen) atoms. The predicted octanol–water partition coefficient (Wildman–Crippen LogP) is 3.09. The highest BCUT2D eigenvalue weighted by Crippen LogP contribution is 2.20. The Bertz CT molecular complexity index is 1180. The summed E-state index contributed by atoms with van der Waals surface area (Å²) >= 11 is 0. The first-order valence-electron chi connectivity index (χ1n) is 9.23. The summed E-state index contributed by atoms with van der Waals surface area (Å²) in [6.45, 7) is 1.78. The van der Waals surface area contributed by atoms with Crippen molar-refractivity contribution in [3.63, 3.8) is 0 Å². The number of aromatic amines is 1. The number of carbonyl (C=O) groups excluding carboxylic acids is 1. The van der Waals surface area contributed by atoms with Crippen LogP contribution >= 0.6 is 0 Å². The summed E-state index contributed by atoms with van der Waals surface area (Å²) in [5.41, 5.74) is 3.59. The molecule has 0 saturated carbocycles. The standard InChI is InChI=1S/C22H20N4O3/c1-14-18(13-24-26(14)16-7-3-2-4-8-16)21(27)25-20(22(28)29)11-15-12-23-19-10-6-5-9-17(15)19/h2-10,12-13,20,23H,11H2,1H3,(H,25,27)(H,28,29). The molecule has 4 rings (SSSR count). The number of amides is 1. The number of para-hydroxylation sites is 2. The van der Waals surface area contributed by atoms with Crippen molar-refractivity contribution in [3.8, 4) is 5.69 Å². The fraction of sp³-hybridized carbons (Fsp3) is 0.136. The molecular weight excluding hydrogens is 368 g/mol. The molecule has 0 fully saturated rings. The monoisotopic (exact) mass is 388 g/mol. The van der Waals surface area contributed by atoms with E-state index in [9.17, 15) is 14.7 Å². The van der Waals surface area contributed by atoms with Crippen LogP contribution in [0, 0.1) is 6.92 Å². The van der Waals surface area contributed by atoms with Gasteiger partial charge in [-0.25, -0.2) is 9.48 Å². The molecule has 0 bridgehead atoms. The van der Waals surface area contributed by atoms with Crippen LogP contribution in [-0.2, 0) is 11.2 Å². The lowest BCUT2D eigenvalue weighted by Gasteiger charge is -2.14. The molecule has 1 amide bonds. The van der Waals surface area contributed by atoms with Gasteiger partial charge in [-0.2, -0.15) is 5.10 Å². The maximum atomic E-state index is 12.8. The van der Waals surface area contributed by atoms with Crippen LogP contribution in [0.25, 0.3) is 16.6 Å². The molecule has 0 spiro atoms. The van der Waals surface area contributed by atoms with Crippen molar-refractivity contribution in [1.29, 1.82) is 0 Å². The first-order chi connectivity index (χ1) is 14.0. The zero-order chi connectivity index (χ0) is 20.4. The minimum absolute atomic E-state index is 0.178. The third kappa shape index (κ3) is 3.62. The molecule has 2 aromatic carbocycles. The van der Waals surface area contributed by atoms with Gasteiger partial charge in [0.1, 0.15) is 6.04 Å². The maximum absolute atomic E-state index is 12.8. The third-order valence-electron chi connectivity index (χ3n) is 4.96. The molecule has 1 unspecified atom stereocenters. The summed E-state index contributed by atoms with van der Waals surface area (Å²) in [7, 11) is 0. The number of aliphatic carboxylic acids is 1. The maximum Gasteiger partial charge on any atom is 0.326 e. The number of nitrogens with zero attached hydrogens (tertiary/aromatic N) is 2. The Balaban J connectivity index is 1.56. The number of nitrogens with one attached hydrogen (secondary N) is 2. The first kappa shape index (κ1) is 18.5. The number of carboxylic acids is 1. The van der Waals surface area contributed by atoms with E-state index in [-0.39, 0.29) is 6.42 Å². The Morgan fingerprint density at radius 1 is 1.14 bits per heavy atom. The van der Waals surface area contributed by atoms with Gasteiger partial charge in [0.05, 0.1) is 23.1 Å². The van der Waals surface area contributed by atoms with Crippen LogP contribution in [0.2, 0.25) is 0 Å². The molecular formula is C22H20N4O3. The number of H-pyrrole nitrogens is 1. The fourth-order valence-corrected chi connectivity index (χ4v) is 3.42. The number of benzene rings is 2. The summed E-state index contributed by atoms with van der Waals surface area (Å²) in [4.78, 5) is 27.7. The SMILES string of the molecule is Cc1c(C(=O)NC(Cc2c[nH]c3ccccc23)C(=O)O)cnn1-c1ccccc1. The van der Waals surface area contributed by atoms with Crippen molar-refractivity contribution in [1.82, 2.24) is 20.1 Å². The van der Waals surface area contributed by atoms with Crippen LogP contribution in [0.15, 0.2) is 67.0 Å². The molecule has 1 atom stereocenters. The summed E-state index contributed by atoms with van der Waals surface area (Å²) in [5.74, 6) is -1.55. The minimum atomic E-state index is -1.09. The molecule has 2 heterocycles. The van der Waals surface area contributed by atoms with E-state index < -0.39 is 17.9 Å². The predicted molar refractivity (Wildman–Crippen MR) is 109 cm³/mol. The average Bonchev–Trinajstić information content (AvgIpc) is 3.31. The number of aromatic nitrogens is 3.